The highest BCUT2D eigenvalue weighted by molar-refractivity contribution is 7.16. The lowest BCUT2D eigenvalue weighted by Gasteiger charge is -2.09. The summed E-state index contributed by atoms with van der Waals surface area (Å²) < 4.78 is 49.6. The highest BCUT2D eigenvalue weighted by Gasteiger charge is 2.38. The van der Waals surface area contributed by atoms with Crippen molar-refractivity contribution in [2.24, 2.45) is 5.92 Å². The Labute approximate surface area is 156 Å². The predicted octanol–water partition coefficient (Wildman–Crippen LogP) is 2.98. The van der Waals surface area contributed by atoms with Crippen LogP contribution in [0.1, 0.15) is 33.8 Å². The number of hydrogen-bond acceptors (Lipinski definition) is 7. The number of aromatic nitrogens is 3. The summed E-state index contributed by atoms with van der Waals surface area (Å²) in [7, 11) is 2.57. The molecule has 27 heavy (non-hydrogen) atoms. The summed E-state index contributed by atoms with van der Waals surface area (Å²) in [4.78, 5) is 23.4. The molecule has 1 fully saturated rings. The van der Waals surface area contributed by atoms with E-state index in [0.29, 0.717) is 11.3 Å². The van der Waals surface area contributed by atoms with Crippen LogP contribution in [0, 0.1) is 17.8 Å². The van der Waals surface area contributed by atoms with Crippen molar-refractivity contribution in [1.82, 2.24) is 15.0 Å². The van der Waals surface area contributed by atoms with E-state index in [0.717, 1.165) is 19.2 Å². The van der Waals surface area contributed by atoms with Crippen LogP contribution in [-0.4, -0.2) is 35.1 Å². The van der Waals surface area contributed by atoms with Gasteiger partial charge in [-0.15, -0.1) is 0 Å². The average molecular weight is 398 g/mol. The van der Waals surface area contributed by atoms with Gasteiger partial charge in [0.2, 0.25) is 11.8 Å². The topological polar surface area (TPSA) is 86.2 Å². The Morgan fingerprint density at radius 1 is 1.26 bits per heavy atom. The molecule has 1 N–H and O–H groups in total. The quantitative estimate of drug-likeness (QED) is 0.797. The number of rotatable bonds is 4. The molecule has 7 nitrogen and oxygen atoms in total. The number of thiazole rings is 1. The summed E-state index contributed by atoms with van der Waals surface area (Å²) in [6, 6.07) is 0. The average Bonchev–Trinajstić information content (AvgIpc) is 3.37. The Kier molecular flexibility index (Phi) is 5.18. The summed E-state index contributed by atoms with van der Waals surface area (Å²) in [6.07, 6.45) is -1.79. The number of carbonyl (C=O) groups is 1. The molecule has 142 valence electrons. The number of nitrogens with zero attached hydrogens (tertiary/aromatic N) is 3. The Balaban J connectivity index is 1.92. The molecular weight excluding hydrogens is 385 g/mol. The maximum Gasteiger partial charge on any atom is 0.435 e. The molecule has 2 aromatic heterocycles. The first kappa shape index (κ1) is 18.9. The molecule has 0 unspecified atom stereocenters. The second kappa shape index (κ2) is 7.40. The molecule has 0 bridgehead atoms. The first-order valence-electron chi connectivity index (χ1n) is 7.67. The second-order valence-corrected chi connectivity index (χ2v) is 6.46. The van der Waals surface area contributed by atoms with Gasteiger partial charge in [0.25, 0.3) is 5.91 Å². The third-order valence-electron chi connectivity index (χ3n) is 3.47. The fourth-order valence-corrected chi connectivity index (χ4v) is 2.91. The standard InChI is InChI=1S/C16H13F3N4O3S/c1-25-13-10(14(26-2)21-7-20-13)12(24)23-15-22-11(16(17,18)19)9(27-15)6-5-8-3-4-8/h7-8H,3-4H2,1-2H3,(H,22,23,24). The van der Waals surface area contributed by atoms with Gasteiger partial charge in [0.1, 0.15) is 11.2 Å². The molecule has 1 saturated carbocycles. The molecule has 0 atom stereocenters. The van der Waals surface area contributed by atoms with Crippen LogP contribution in [0.25, 0.3) is 0 Å². The van der Waals surface area contributed by atoms with Gasteiger partial charge in [-0.1, -0.05) is 23.2 Å². The van der Waals surface area contributed by atoms with Crippen molar-refractivity contribution in [1.29, 1.82) is 0 Å². The van der Waals surface area contributed by atoms with Crippen molar-refractivity contribution in [3.8, 4) is 23.6 Å². The largest absolute Gasteiger partial charge is 0.480 e. The van der Waals surface area contributed by atoms with Gasteiger partial charge in [0, 0.05) is 5.92 Å². The lowest BCUT2D eigenvalue weighted by Crippen LogP contribution is -2.16. The third-order valence-corrected chi connectivity index (χ3v) is 4.36. The van der Waals surface area contributed by atoms with Crippen LogP contribution in [-0.2, 0) is 6.18 Å². The lowest BCUT2D eigenvalue weighted by molar-refractivity contribution is -0.140. The first-order valence-corrected chi connectivity index (χ1v) is 8.49. The van der Waals surface area contributed by atoms with Crippen LogP contribution in [0.15, 0.2) is 6.33 Å². The first-order chi connectivity index (χ1) is 12.8. The second-order valence-electron chi connectivity index (χ2n) is 5.46. The highest BCUT2D eigenvalue weighted by atomic mass is 32.1. The van der Waals surface area contributed by atoms with Crippen LogP contribution in [0.2, 0.25) is 0 Å². The van der Waals surface area contributed by atoms with E-state index in [1.165, 1.54) is 14.2 Å². The molecule has 3 rings (SSSR count). The SMILES string of the molecule is COc1ncnc(OC)c1C(=O)Nc1nc(C(F)(F)F)c(C#CC2CC2)s1. The molecular formula is C16H13F3N4O3S. The van der Waals surface area contributed by atoms with E-state index in [-0.39, 0.29) is 33.3 Å². The van der Waals surface area contributed by atoms with Gasteiger partial charge in [-0.05, 0) is 12.8 Å². The third kappa shape index (κ3) is 4.28. The molecule has 2 aromatic rings. The van der Waals surface area contributed by atoms with Crippen LogP contribution in [0.3, 0.4) is 0 Å². The summed E-state index contributed by atoms with van der Waals surface area (Å²) in [6.45, 7) is 0. The molecule has 0 aromatic carbocycles. The smallest absolute Gasteiger partial charge is 0.435 e. The van der Waals surface area contributed by atoms with Crippen molar-refractivity contribution in [3.63, 3.8) is 0 Å². The highest BCUT2D eigenvalue weighted by Crippen LogP contribution is 2.37. The monoisotopic (exact) mass is 398 g/mol. The number of nitrogens with one attached hydrogen (secondary N) is 1. The molecule has 1 amide bonds. The summed E-state index contributed by atoms with van der Waals surface area (Å²) in [5.74, 6) is 4.44. The maximum absolute atomic E-state index is 13.2. The van der Waals surface area contributed by atoms with Crippen molar-refractivity contribution in [2.45, 2.75) is 19.0 Å². The zero-order valence-electron chi connectivity index (χ0n) is 14.2. The minimum absolute atomic E-state index is 0.0827. The van der Waals surface area contributed by atoms with Gasteiger partial charge in [0.15, 0.2) is 16.4 Å². The number of methoxy groups -OCH3 is 2. The minimum Gasteiger partial charge on any atom is -0.480 e. The van der Waals surface area contributed by atoms with Gasteiger partial charge in [0.05, 0.1) is 14.2 Å². The van der Waals surface area contributed by atoms with Gasteiger partial charge >= 0.3 is 6.18 Å². The van der Waals surface area contributed by atoms with E-state index in [2.05, 4.69) is 32.1 Å². The summed E-state index contributed by atoms with van der Waals surface area (Å²) >= 11 is 0.647. The van der Waals surface area contributed by atoms with Gasteiger partial charge in [-0.3, -0.25) is 10.1 Å². The van der Waals surface area contributed by atoms with Crippen LogP contribution in [0.4, 0.5) is 18.3 Å². The van der Waals surface area contributed by atoms with E-state index < -0.39 is 17.8 Å². The van der Waals surface area contributed by atoms with Gasteiger partial charge < -0.3 is 9.47 Å². The number of hydrogen-bond donors (Lipinski definition) is 1. The van der Waals surface area contributed by atoms with E-state index in [1.807, 2.05) is 0 Å². The Hall–Kier alpha value is -2.87. The maximum atomic E-state index is 13.2. The van der Waals surface area contributed by atoms with Crippen molar-refractivity contribution < 1.29 is 27.4 Å². The summed E-state index contributed by atoms with van der Waals surface area (Å²) in [5.41, 5.74) is -1.28. The Morgan fingerprint density at radius 3 is 2.41 bits per heavy atom. The van der Waals surface area contributed by atoms with Crippen LogP contribution in [0.5, 0.6) is 11.8 Å². The molecule has 0 aliphatic heterocycles. The normalized spacial score (nSPS) is 13.5. The van der Waals surface area contributed by atoms with Crippen molar-refractivity contribution in [2.75, 3.05) is 19.5 Å². The molecule has 0 radical (unpaired) electrons. The lowest BCUT2D eigenvalue weighted by atomic mass is 10.3. The van der Waals surface area contributed by atoms with E-state index in [9.17, 15) is 18.0 Å². The predicted molar refractivity (Wildman–Crippen MR) is 89.8 cm³/mol. The molecule has 11 heteroatoms. The number of alkyl halides is 3. The molecule has 2 heterocycles. The molecule has 1 aliphatic carbocycles. The number of carbonyl (C=O) groups excluding carboxylic acids is 1. The van der Waals surface area contributed by atoms with Gasteiger partial charge in [-0.2, -0.15) is 13.2 Å². The van der Waals surface area contributed by atoms with Crippen LogP contribution >= 0.6 is 11.3 Å². The molecule has 1 aliphatic rings. The van der Waals surface area contributed by atoms with Crippen LogP contribution < -0.4 is 14.8 Å². The zero-order valence-corrected chi connectivity index (χ0v) is 15.0. The fourth-order valence-electron chi connectivity index (χ4n) is 2.06. The minimum atomic E-state index is -4.68. The summed E-state index contributed by atoms with van der Waals surface area (Å²) in [5, 5.41) is 2.05. The molecule has 0 spiro atoms. The fraction of sp³-hybridized carbons (Fsp3) is 0.375. The van der Waals surface area contributed by atoms with E-state index in [1.54, 1.807) is 0 Å². The van der Waals surface area contributed by atoms with E-state index in [4.69, 9.17) is 9.47 Å². The number of ether oxygens (including phenoxy) is 2. The number of amides is 1. The van der Waals surface area contributed by atoms with Crippen molar-refractivity contribution >= 4 is 22.4 Å². The van der Waals surface area contributed by atoms with E-state index >= 15 is 0 Å². The zero-order chi connectivity index (χ0) is 19.6. The van der Waals surface area contributed by atoms with Gasteiger partial charge in [-0.25, -0.2) is 15.0 Å². The Bertz CT molecular complexity index is 907. The molecule has 0 saturated heterocycles. The number of halogens is 3. The number of anilines is 1. The van der Waals surface area contributed by atoms with Crippen molar-refractivity contribution in [3.05, 3.63) is 22.5 Å². The Morgan fingerprint density at radius 2 is 1.89 bits per heavy atom.